The Labute approximate surface area is 120 Å². The van der Waals surface area contributed by atoms with Crippen molar-refractivity contribution in [3.8, 4) is 11.5 Å². The third kappa shape index (κ3) is 3.20. The highest BCUT2D eigenvalue weighted by atomic mass is 35.5. The summed E-state index contributed by atoms with van der Waals surface area (Å²) >= 11 is 6.04. The van der Waals surface area contributed by atoms with Crippen LogP contribution in [0.3, 0.4) is 0 Å². The molecule has 5 nitrogen and oxygen atoms in total. The molecule has 0 saturated carbocycles. The van der Waals surface area contributed by atoms with Crippen molar-refractivity contribution >= 4 is 17.4 Å². The summed E-state index contributed by atoms with van der Waals surface area (Å²) in [5.74, 6) is 1.03. The van der Waals surface area contributed by atoms with Gasteiger partial charge < -0.3 is 20.8 Å². The molecule has 4 N–H and O–H groups in total. The number of ether oxygens (including phenoxy) is 1. The van der Waals surface area contributed by atoms with Gasteiger partial charge in [0, 0.05) is 11.6 Å². The number of amidine groups is 1. The van der Waals surface area contributed by atoms with E-state index in [4.69, 9.17) is 32.4 Å². The standard InChI is InChI=1S/C14H13ClN2O3/c15-13-7-11(4-5-12(13)14(16)17-19)20-10-3-1-2-9(6-10)8-18/h1-7,18-19H,8H2,(H2,16,17). The van der Waals surface area contributed by atoms with Crippen LogP contribution in [-0.2, 0) is 6.61 Å². The largest absolute Gasteiger partial charge is 0.457 e. The molecule has 0 atom stereocenters. The topological polar surface area (TPSA) is 88.1 Å². The van der Waals surface area contributed by atoms with Crippen LogP contribution in [0.25, 0.3) is 0 Å². The lowest BCUT2D eigenvalue weighted by Crippen LogP contribution is -2.13. The second-order valence-corrected chi connectivity index (χ2v) is 4.44. The smallest absolute Gasteiger partial charge is 0.171 e. The molecule has 0 unspecified atom stereocenters. The fraction of sp³-hybridized carbons (Fsp3) is 0.0714. The van der Waals surface area contributed by atoms with Gasteiger partial charge in [-0.25, -0.2) is 0 Å². The predicted octanol–water partition coefficient (Wildman–Crippen LogP) is 2.72. The van der Waals surface area contributed by atoms with Gasteiger partial charge in [0.2, 0.25) is 0 Å². The first kappa shape index (κ1) is 14.2. The summed E-state index contributed by atoms with van der Waals surface area (Å²) in [7, 11) is 0. The highest BCUT2D eigenvalue weighted by molar-refractivity contribution is 6.34. The number of halogens is 1. The average Bonchev–Trinajstić information content (AvgIpc) is 2.47. The first-order valence-corrected chi connectivity index (χ1v) is 6.17. The van der Waals surface area contributed by atoms with E-state index in [2.05, 4.69) is 5.16 Å². The van der Waals surface area contributed by atoms with Gasteiger partial charge in [-0.2, -0.15) is 0 Å². The zero-order valence-electron chi connectivity index (χ0n) is 10.5. The molecule has 0 amide bonds. The molecule has 0 fully saturated rings. The number of rotatable bonds is 4. The van der Waals surface area contributed by atoms with E-state index in [0.717, 1.165) is 5.56 Å². The summed E-state index contributed by atoms with van der Waals surface area (Å²) in [5.41, 5.74) is 6.66. The molecule has 2 aromatic carbocycles. The van der Waals surface area contributed by atoms with Crippen LogP contribution in [0.5, 0.6) is 11.5 Å². The van der Waals surface area contributed by atoms with Crippen LogP contribution in [0, 0.1) is 0 Å². The molecule has 2 rings (SSSR count). The third-order valence-corrected chi connectivity index (χ3v) is 2.95. The molecular formula is C14H13ClN2O3. The molecule has 0 aliphatic carbocycles. The zero-order chi connectivity index (χ0) is 14.5. The van der Waals surface area contributed by atoms with Crippen LogP contribution < -0.4 is 10.5 Å². The molecule has 104 valence electrons. The van der Waals surface area contributed by atoms with Gasteiger partial charge in [-0.15, -0.1) is 0 Å². The van der Waals surface area contributed by atoms with Crippen molar-refractivity contribution in [1.29, 1.82) is 0 Å². The Morgan fingerprint density at radius 2 is 1.95 bits per heavy atom. The van der Waals surface area contributed by atoms with Gasteiger partial charge in [0.1, 0.15) is 11.5 Å². The Kier molecular flexibility index (Phi) is 4.45. The van der Waals surface area contributed by atoms with Crippen LogP contribution in [0.4, 0.5) is 0 Å². The predicted molar refractivity (Wildman–Crippen MR) is 76.4 cm³/mol. The molecule has 6 heteroatoms. The lowest BCUT2D eigenvalue weighted by molar-refractivity contribution is 0.281. The summed E-state index contributed by atoms with van der Waals surface area (Å²) < 4.78 is 5.63. The molecule has 0 aliphatic heterocycles. The van der Waals surface area contributed by atoms with E-state index in [1.54, 1.807) is 42.5 Å². The maximum absolute atomic E-state index is 9.07. The van der Waals surface area contributed by atoms with Crippen LogP contribution in [0.1, 0.15) is 11.1 Å². The highest BCUT2D eigenvalue weighted by Gasteiger charge is 2.07. The number of oxime groups is 1. The van der Waals surface area contributed by atoms with E-state index in [1.165, 1.54) is 0 Å². The molecule has 0 aliphatic rings. The summed E-state index contributed by atoms with van der Waals surface area (Å²) in [4.78, 5) is 0. The minimum absolute atomic E-state index is 0.0552. The van der Waals surface area contributed by atoms with Gasteiger partial charge in [-0.1, -0.05) is 28.9 Å². The van der Waals surface area contributed by atoms with Gasteiger partial charge in [0.25, 0.3) is 0 Å². The monoisotopic (exact) mass is 292 g/mol. The Morgan fingerprint density at radius 3 is 2.60 bits per heavy atom. The zero-order valence-corrected chi connectivity index (χ0v) is 11.2. The Bertz CT molecular complexity index is 644. The van der Waals surface area contributed by atoms with Gasteiger partial charge >= 0.3 is 0 Å². The van der Waals surface area contributed by atoms with Gasteiger partial charge in [0.05, 0.1) is 11.6 Å². The van der Waals surface area contributed by atoms with E-state index in [-0.39, 0.29) is 12.4 Å². The molecule has 0 radical (unpaired) electrons. The maximum Gasteiger partial charge on any atom is 0.171 e. The Hall–Kier alpha value is -2.24. The minimum Gasteiger partial charge on any atom is -0.457 e. The molecule has 0 spiro atoms. The van der Waals surface area contributed by atoms with Crippen LogP contribution in [-0.4, -0.2) is 16.1 Å². The second-order valence-electron chi connectivity index (χ2n) is 4.03. The Balaban J connectivity index is 2.24. The molecule has 2 aromatic rings. The number of aliphatic hydroxyl groups is 1. The molecule has 0 saturated heterocycles. The minimum atomic E-state index is -0.0659. The molecule has 0 aromatic heterocycles. The Morgan fingerprint density at radius 1 is 1.20 bits per heavy atom. The average molecular weight is 293 g/mol. The summed E-state index contributed by atoms with van der Waals surface area (Å²) in [5, 5.41) is 20.9. The van der Waals surface area contributed by atoms with Crippen LogP contribution >= 0.6 is 11.6 Å². The first-order valence-electron chi connectivity index (χ1n) is 5.79. The van der Waals surface area contributed by atoms with Crippen molar-refractivity contribution in [1.82, 2.24) is 0 Å². The van der Waals surface area contributed by atoms with Crippen molar-refractivity contribution < 1.29 is 15.1 Å². The number of hydrogen-bond acceptors (Lipinski definition) is 4. The third-order valence-electron chi connectivity index (χ3n) is 2.64. The second kappa shape index (κ2) is 6.27. The van der Waals surface area contributed by atoms with E-state index in [9.17, 15) is 0 Å². The van der Waals surface area contributed by atoms with E-state index >= 15 is 0 Å². The molecule has 0 bridgehead atoms. The fourth-order valence-corrected chi connectivity index (χ4v) is 1.93. The van der Waals surface area contributed by atoms with Crippen LogP contribution in [0.15, 0.2) is 47.6 Å². The lowest BCUT2D eigenvalue weighted by atomic mass is 10.2. The van der Waals surface area contributed by atoms with Crippen molar-refractivity contribution in [3.63, 3.8) is 0 Å². The summed E-state index contributed by atoms with van der Waals surface area (Å²) in [6, 6.07) is 11.9. The number of aliphatic hydroxyl groups excluding tert-OH is 1. The van der Waals surface area contributed by atoms with Gasteiger partial charge in [-0.3, -0.25) is 0 Å². The van der Waals surface area contributed by atoms with E-state index in [1.807, 2.05) is 0 Å². The fourth-order valence-electron chi connectivity index (χ4n) is 1.66. The number of hydrogen-bond donors (Lipinski definition) is 3. The first-order chi connectivity index (χ1) is 9.63. The number of nitrogens with two attached hydrogens (primary N) is 1. The lowest BCUT2D eigenvalue weighted by Gasteiger charge is -2.09. The van der Waals surface area contributed by atoms with Crippen molar-refractivity contribution in [2.45, 2.75) is 6.61 Å². The van der Waals surface area contributed by atoms with Crippen LogP contribution in [0.2, 0.25) is 5.02 Å². The summed E-state index contributed by atoms with van der Waals surface area (Å²) in [6.07, 6.45) is 0. The SMILES string of the molecule is NC(=NO)c1ccc(Oc2cccc(CO)c2)cc1Cl. The highest BCUT2D eigenvalue weighted by Crippen LogP contribution is 2.27. The number of benzene rings is 2. The van der Waals surface area contributed by atoms with Gasteiger partial charge in [0.15, 0.2) is 5.84 Å². The number of nitrogens with zero attached hydrogens (tertiary/aromatic N) is 1. The quantitative estimate of drug-likeness (QED) is 0.350. The molecular weight excluding hydrogens is 280 g/mol. The summed E-state index contributed by atoms with van der Waals surface area (Å²) in [6.45, 7) is -0.0552. The van der Waals surface area contributed by atoms with E-state index < -0.39 is 0 Å². The van der Waals surface area contributed by atoms with E-state index in [0.29, 0.717) is 22.1 Å². The van der Waals surface area contributed by atoms with Crippen molar-refractivity contribution in [3.05, 3.63) is 58.6 Å². The molecule has 0 heterocycles. The van der Waals surface area contributed by atoms with Crippen molar-refractivity contribution in [2.24, 2.45) is 10.9 Å². The maximum atomic E-state index is 9.07. The molecule has 20 heavy (non-hydrogen) atoms. The normalized spacial score (nSPS) is 11.4. The van der Waals surface area contributed by atoms with Crippen molar-refractivity contribution in [2.75, 3.05) is 0 Å². The van der Waals surface area contributed by atoms with Gasteiger partial charge in [-0.05, 0) is 29.8 Å².